The molecule has 0 radical (unpaired) electrons. The van der Waals surface area contributed by atoms with E-state index in [1.54, 1.807) is 6.20 Å². The lowest BCUT2D eigenvalue weighted by Crippen LogP contribution is -2.11. The molecule has 1 aromatic carbocycles. The predicted octanol–water partition coefficient (Wildman–Crippen LogP) is 5.11. The predicted molar refractivity (Wildman–Crippen MR) is 101 cm³/mol. The van der Waals surface area contributed by atoms with Crippen molar-refractivity contribution in [1.82, 2.24) is 4.98 Å². The fourth-order valence-electron chi connectivity index (χ4n) is 2.42. The maximum Gasteiger partial charge on any atom is 0.226 e. The van der Waals surface area contributed by atoms with E-state index in [9.17, 15) is 4.79 Å². The van der Waals surface area contributed by atoms with Crippen LogP contribution in [0.3, 0.4) is 0 Å². The molecule has 0 aliphatic heterocycles. The molecule has 0 aliphatic rings. The van der Waals surface area contributed by atoms with Gasteiger partial charge in [-0.05, 0) is 29.8 Å². The molecular weight excluding hydrogens is 356 g/mol. The Morgan fingerprint density at radius 3 is 2.68 bits per heavy atom. The highest BCUT2D eigenvalue weighted by Gasteiger charge is 2.09. The van der Waals surface area contributed by atoms with Gasteiger partial charge < -0.3 is 9.73 Å². The summed E-state index contributed by atoms with van der Waals surface area (Å²) < 4.78 is 5.61. The van der Waals surface area contributed by atoms with Crippen molar-refractivity contribution in [1.29, 1.82) is 0 Å². The smallest absolute Gasteiger partial charge is 0.226 e. The first-order valence-electron chi connectivity index (χ1n) is 8.19. The molecule has 1 N–H and O–H groups in total. The Labute approximate surface area is 155 Å². The molecule has 0 bridgehead atoms. The summed E-state index contributed by atoms with van der Waals surface area (Å²) >= 11 is 7.39. The third-order valence-electron chi connectivity index (χ3n) is 3.76. The van der Waals surface area contributed by atoms with Crippen molar-refractivity contribution >= 4 is 34.0 Å². The van der Waals surface area contributed by atoms with E-state index in [4.69, 9.17) is 16.0 Å². The number of aromatic nitrogens is 1. The second-order valence-corrected chi connectivity index (χ2v) is 7.26. The van der Waals surface area contributed by atoms with Crippen LogP contribution in [0.2, 0.25) is 5.02 Å². The van der Waals surface area contributed by atoms with Crippen LogP contribution in [0.25, 0.3) is 0 Å². The zero-order valence-corrected chi connectivity index (χ0v) is 15.5. The second-order valence-electron chi connectivity index (χ2n) is 5.70. The zero-order valence-electron chi connectivity index (χ0n) is 13.9. The molecule has 2 heterocycles. The maximum absolute atomic E-state index is 12.1. The molecule has 6 heteroatoms. The van der Waals surface area contributed by atoms with Crippen molar-refractivity contribution in [2.45, 2.75) is 32.6 Å². The molecule has 3 rings (SSSR count). The third kappa shape index (κ3) is 5.18. The van der Waals surface area contributed by atoms with Crippen LogP contribution < -0.4 is 5.32 Å². The van der Waals surface area contributed by atoms with Gasteiger partial charge >= 0.3 is 0 Å². The first-order valence-corrected chi connectivity index (χ1v) is 9.38. The minimum atomic E-state index is -0.0539. The Morgan fingerprint density at radius 2 is 1.96 bits per heavy atom. The van der Waals surface area contributed by atoms with Crippen molar-refractivity contribution in [2.24, 2.45) is 0 Å². The summed E-state index contributed by atoms with van der Waals surface area (Å²) in [6, 6.07) is 11.6. The Morgan fingerprint density at radius 1 is 1.20 bits per heavy atom. The molecule has 1 amide bonds. The second kappa shape index (κ2) is 8.32. The number of carbonyl (C=O) groups excluding carboxylic acids is 1. The SMILES string of the molecule is CCc1ccc(CCC(=O)Nc2ncc(Cc3ccc(Cl)cc3)s2)o1. The molecule has 4 nitrogen and oxygen atoms in total. The number of furan rings is 1. The maximum atomic E-state index is 12.1. The molecule has 0 saturated carbocycles. The summed E-state index contributed by atoms with van der Waals surface area (Å²) in [5, 5.41) is 4.21. The number of rotatable bonds is 7. The van der Waals surface area contributed by atoms with Gasteiger partial charge in [-0.1, -0.05) is 30.7 Å². The molecule has 0 saturated heterocycles. The van der Waals surface area contributed by atoms with Gasteiger partial charge in [-0.15, -0.1) is 11.3 Å². The fraction of sp³-hybridized carbons (Fsp3) is 0.263. The van der Waals surface area contributed by atoms with E-state index < -0.39 is 0 Å². The van der Waals surface area contributed by atoms with Gasteiger partial charge in [0.15, 0.2) is 5.13 Å². The molecule has 0 aliphatic carbocycles. The largest absolute Gasteiger partial charge is 0.466 e. The van der Waals surface area contributed by atoms with Gasteiger partial charge in [0.1, 0.15) is 11.5 Å². The molecule has 25 heavy (non-hydrogen) atoms. The zero-order chi connectivity index (χ0) is 17.6. The van der Waals surface area contributed by atoms with E-state index in [2.05, 4.69) is 10.3 Å². The van der Waals surface area contributed by atoms with Gasteiger partial charge in [0.2, 0.25) is 5.91 Å². The van der Waals surface area contributed by atoms with Crippen LogP contribution in [0.4, 0.5) is 5.13 Å². The number of hydrogen-bond acceptors (Lipinski definition) is 4. The average Bonchev–Trinajstić information content (AvgIpc) is 3.24. The van der Waals surface area contributed by atoms with E-state index in [1.165, 1.54) is 11.3 Å². The number of benzene rings is 1. The van der Waals surface area contributed by atoms with Gasteiger partial charge in [0, 0.05) is 41.8 Å². The quantitative estimate of drug-likeness (QED) is 0.624. The first-order chi connectivity index (χ1) is 12.1. The van der Waals surface area contributed by atoms with Crippen LogP contribution in [0.5, 0.6) is 0 Å². The van der Waals surface area contributed by atoms with Crippen molar-refractivity contribution in [2.75, 3.05) is 5.32 Å². The van der Waals surface area contributed by atoms with E-state index in [-0.39, 0.29) is 5.91 Å². The summed E-state index contributed by atoms with van der Waals surface area (Å²) in [5.74, 6) is 1.73. The summed E-state index contributed by atoms with van der Waals surface area (Å²) in [6.07, 6.45) is 4.41. The number of amides is 1. The van der Waals surface area contributed by atoms with Gasteiger partial charge in [-0.2, -0.15) is 0 Å². The van der Waals surface area contributed by atoms with Crippen LogP contribution in [-0.4, -0.2) is 10.9 Å². The number of carbonyl (C=O) groups is 1. The lowest BCUT2D eigenvalue weighted by atomic mass is 10.1. The number of nitrogens with zero attached hydrogens (tertiary/aromatic N) is 1. The number of nitrogens with one attached hydrogen (secondary N) is 1. The highest BCUT2D eigenvalue weighted by Crippen LogP contribution is 2.22. The fourth-order valence-corrected chi connectivity index (χ4v) is 3.40. The standard InChI is InChI=1S/C19H19ClN2O2S/c1-2-15-7-8-16(24-15)9-10-18(23)22-19-21-12-17(25-19)11-13-3-5-14(20)6-4-13/h3-8,12H,2,9-11H2,1H3,(H,21,22,23). The molecular formula is C19H19ClN2O2S. The molecule has 0 unspecified atom stereocenters. The number of anilines is 1. The average molecular weight is 375 g/mol. The number of halogens is 1. The molecule has 2 aromatic heterocycles. The van der Waals surface area contributed by atoms with Crippen molar-refractivity contribution in [3.05, 3.63) is 69.6 Å². The Balaban J connectivity index is 1.50. The van der Waals surface area contributed by atoms with Crippen LogP contribution >= 0.6 is 22.9 Å². The van der Waals surface area contributed by atoms with E-state index in [0.717, 1.165) is 39.8 Å². The number of aryl methyl sites for hydroxylation is 2. The Bertz CT molecular complexity index is 839. The highest BCUT2D eigenvalue weighted by molar-refractivity contribution is 7.15. The Hall–Kier alpha value is -2.11. The summed E-state index contributed by atoms with van der Waals surface area (Å²) in [5.41, 5.74) is 1.16. The van der Waals surface area contributed by atoms with E-state index >= 15 is 0 Å². The van der Waals surface area contributed by atoms with Crippen molar-refractivity contribution < 1.29 is 9.21 Å². The van der Waals surface area contributed by atoms with Gasteiger partial charge in [-0.25, -0.2) is 4.98 Å². The van der Waals surface area contributed by atoms with Gasteiger partial charge in [-0.3, -0.25) is 4.79 Å². The third-order valence-corrected chi connectivity index (χ3v) is 4.92. The lowest BCUT2D eigenvalue weighted by molar-refractivity contribution is -0.116. The minimum Gasteiger partial charge on any atom is -0.466 e. The molecule has 130 valence electrons. The monoisotopic (exact) mass is 374 g/mol. The van der Waals surface area contributed by atoms with Crippen LogP contribution in [0, 0.1) is 0 Å². The molecule has 0 spiro atoms. The van der Waals surface area contributed by atoms with Crippen molar-refractivity contribution in [3.8, 4) is 0 Å². The van der Waals surface area contributed by atoms with E-state index in [1.807, 2.05) is 43.3 Å². The number of thiazole rings is 1. The normalized spacial score (nSPS) is 10.8. The molecule has 3 aromatic rings. The molecule has 0 fully saturated rings. The Kier molecular flexibility index (Phi) is 5.89. The molecule has 0 atom stereocenters. The highest BCUT2D eigenvalue weighted by atomic mass is 35.5. The van der Waals surface area contributed by atoms with Gasteiger partial charge in [0.25, 0.3) is 0 Å². The first kappa shape index (κ1) is 17.7. The lowest BCUT2D eigenvalue weighted by Gasteiger charge is -2.00. The number of hydrogen-bond donors (Lipinski definition) is 1. The summed E-state index contributed by atoms with van der Waals surface area (Å²) in [6.45, 7) is 2.04. The summed E-state index contributed by atoms with van der Waals surface area (Å²) in [4.78, 5) is 17.4. The van der Waals surface area contributed by atoms with Gasteiger partial charge in [0.05, 0.1) is 0 Å². The van der Waals surface area contributed by atoms with Crippen molar-refractivity contribution in [3.63, 3.8) is 0 Å². The van der Waals surface area contributed by atoms with E-state index in [0.29, 0.717) is 18.0 Å². The summed E-state index contributed by atoms with van der Waals surface area (Å²) in [7, 11) is 0. The minimum absolute atomic E-state index is 0.0539. The van der Waals surface area contributed by atoms with Crippen LogP contribution in [-0.2, 0) is 24.1 Å². The van der Waals surface area contributed by atoms with Crippen LogP contribution in [0.1, 0.15) is 35.3 Å². The van der Waals surface area contributed by atoms with Crippen LogP contribution in [0.15, 0.2) is 47.0 Å². The topological polar surface area (TPSA) is 55.1 Å².